The molecule has 0 heterocycles. The molecule has 0 aliphatic carbocycles. The van der Waals surface area contributed by atoms with Crippen molar-refractivity contribution in [3.05, 3.63) is 11.6 Å². The predicted molar refractivity (Wildman–Crippen MR) is 78.8 cm³/mol. The molecule has 4 nitrogen and oxygen atoms in total. The lowest BCUT2D eigenvalue weighted by atomic mass is 9.95. The first-order valence-corrected chi connectivity index (χ1v) is 6.42. The van der Waals surface area contributed by atoms with Crippen LogP contribution in [0.3, 0.4) is 0 Å². The number of thiocarbonyl (C=S) groups is 1. The normalized spacial score (nSPS) is 12.4. The van der Waals surface area contributed by atoms with E-state index in [1.807, 2.05) is 0 Å². The lowest BCUT2D eigenvalue weighted by Crippen LogP contribution is -2.29. The van der Waals surface area contributed by atoms with Crippen molar-refractivity contribution in [2.75, 3.05) is 6.54 Å². The van der Waals surface area contributed by atoms with Gasteiger partial charge in [-0.3, -0.25) is 9.59 Å². The maximum absolute atomic E-state index is 12.1. The molecule has 2 N–H and O–H groups in total. The highest BCUT2D eigenvalue weighted by Gasteiger charge is 2.23. The number of amides is 1. The van der Waals surface area contributed by atoms with E-state index in [-0.39, 0.29) is 23.2 Å². The number of terminal acetylenes is 1. The number of hydrogen-bond acceptors (Lipinski definition) is 3. The van der Waals surface area contributed by atoms with Crippen molar-refractivity contribution in [1.29, 1.82) is 0 Å². The topological polar surface area (TPSA) is 66.4 Å². The standard InChI is InChI=1S/C14H19NO3S/c1-4-5-6-7-10(2)13(17)12(14(18)19)8-9-15-11(3)16/h1,7,12H,5-6,8-9H2,2-3H3,(H,15,16)(H,18,19)/b10-7+. The number of rotatable bonds is 8. The summed E-state index contributed by atoms with van der Waals surface area (Å²) in [5.74, 6) is 1.31. The molecule has 0 aromatic carbocycles. The highest BCUT2D eigenvalue weighted by Crippen LogP contribution is 2.13. The SMILES string of the molecule is C#CCC/C=C(\C)C(=O)C(CCNC(C)=O)C(O)=S. The maximum atomic E-state index is 12.1. The number of carbonyl (C=O) groups is 2. The van der Waals surface area contributed by atoms with E-state index in [9.17, 15) is 14.7 Å². The third-order valence-electron chi connectivity index (χ3n) is 2.55. The second-order valence-electron chi connectivity index (χ2n) is 4.16. The first kappa shape index (κ1) is 17.3. The number of carbonyl (C=O) groups excluding carboxylic acids is 2. The molecule has 0 rings (SSSR count). The largest absolute Gasteiger partial charge is 0.501 e. The second-order valence-corrected chi connectivity index (χ2v) is 4.57. The molecule has 0 aliphatic heterocycles. The average molecular weight is 281 g/mol. The highest BCUT2D eigenvalue weighted by molar-refractivity contribution is 7.80. The molecule has 0 saturated heterocycles. The Bertz CT molecular complexity index is 421. The van der Waals surface area contributed by atoms with E-state index in [0.29, 0.717) is 25.0 Å². The highest BCUT2D eigenvalue weighted by atomic mass is 32.1. The molecule has 19 heavy (non-hydrogen) atoms. The van der Waals surface area contributed by atoms with Gasteiger partial charge < -0.3 is 10.4 Å². The summed E-state index contributed by atoms with van der Waals surface area (Å²) in [5.41, 5.74) is 0.527. The van der Waals surface area contributed by atoms with Gasteiger partial charge in [0, 0.05) is 19.9 Å². The number of aliphatic hydroxyl groups is 1. The molecule has 0 spiro atoms. The molecule has 0 bridgehead atoms. The number of allylic oxidation sites excluding steroid dienone is 2. The van der Waals surface area contributed by atoms with Crippen LogP contribution in [0.4, 0.5) is 0 Å². The van der Waals surface area contributed by atoms with Crippen LogP contribution in [-0.4, -0.2) is 28.4 Å². The summed E-state index contributed by atoms with van der Waals surface area (Å²) in [6, 6.07) is 0. The van der Waals surface area contributed by atoms with E-state index in [1.165, 1.54) is 6.92 Å². The Morgan fingerprint density at radius 2 is 2.11 bits per heavy atom. The minimum absolute atomic E-state index is 0.184. The van der Waals surface area contributed by atoms with Crippen LogP contribution < -0.4 is 5.32 Å². The smallest absolute Gasteiger partial charge is 0.216 e. The van der Waals surface area contributed by atoms with Crippen LogP contribution in [0.5, 0.6) is 0 Å². The minimum atomic E-state index is -0.760. The summed E-state index contributed by atoms with van der Waals surface area (Å²) in [6.07, 6.45) is 8.33. The first-order chi connectivity index (χ1) is 8.90. The van der Waals surface area contributed by atoms with Crippen molar-refractivity contribution in [2.45, 2.75) is 33.1 Å². The fraction of sp³-hybridized carbons (Fsp3) is 0.500. The molecule has 1 atom stereocenters. The number of hydrogen-bond donors (Lipinski definition) is 2. The van der Waals surface area contributed by atoms with Crippen LogP contribution in [0.25, 0.3) is 0 Å². The van der Waals surface area contributed by atoms with Crippen LogP contribution >= 0.6 is 12.2 Å². The summed E-state index contributed by atoms with van der Waals surface area (Å²) in [4.78, 5) is 22.8. The Morgan fingerprint density at radius 1 is 1.47 bits per heavy atom. The Morgan fingerprint density at radius 3 is 2.58 bits per heavy atom. The monoisotopic (exact) mass is 281 g/mol. The van der Waals surface area contributed by atoms with E-state index < -0.39 is 5.92 Å². The summed E-state index contributed by atoms with van der Waals surface area (Å²) in [5, 5.41) is 11.6. The van der Waals surface area contributed by atoms with Crippen LogP contribution in [0.1, 0.15) is 33.1 Å². The van der Waals surface area contributed by atoms with Gasteiger partial charge >= 0.3 is 0 Å². The molecular weight excluding hydrogens is 262 g/mol. The number of nitrogens with one attached hydrogen (secondary N) is 1. The van der Waals surface area contributed by atoms with Gasteiger partial charge in [-0.05, 0) is 37.6 Å². The lowest BCUT2D eigenvalue weighted by molar-refractivity contribution is -0.120. The molecule has 1 amide bonds. The van der Waals surface area contributed by atoms with Gasteiger partial charge in [0.25, 0.3) is 0 Å². The van der Waals surface area contributed by atoms with Crippen molar-refractivity contribution in [3.8, 4) is 12.3 Å². The van der Waals surface area contributed by atoms with Crippen molar-refractivity contribution in [1.82, 2.24) is 5.32 Å². The van der Waals surface area contributed by atoms with Gasteiger partial charge in [0.05, 0.1) is 5.92 Å². The third-order valence-corrected chi connectivity index (χ3v) is 2.83. The van der Waals surface area contributed by atoms with E-state index in [1.54, 1.807) is 13.0 Å². The molecule has 0 saturated carbocycles. The molecule has 0 aromatic heterocycles. The van der Waals surface area contributed by atoms with Gasteiger partial charge in [0.15, 0.2) is 10.8 Å². The molecule has 104 valence electrons. The summed E-state index contributed by atoms with van der Waals surface area (Å²) in [6.45, 7) is 3.35. The van der Waals surface area contributed by atoms with E-state index >= 15 is 0 Å². The van der Waals surface area contributed by atoms with Gasteiger partial charge in [-0.15, -0.1) is 12.3 Å². The molecule has 1 unspecified atom stereocenters. The second kappa shape index (κ2) is 9.29. The minimum Gasteiger partial charge on any atom is -0.501 e. The molecular formula is C14H19NO3S. The number of ketones is 1. The fourth-order valence-corrected chi connectivity index (χ4v) is 1.73. The Hall–Kier alpha value is -1.67. The van der Waals surface area contributed by atoms with Crippen LogP contribution in [0.2, 0.25) is 0 Å². The average Bonchev–Trinajstić information content (AvgIpc) is 2.33. The molecule has 5 heteroatoms. The Labute approximate surface area is 119 Å². The van der Waals surface area contributed by atoms with Crippen LogP contribution in [0, 0.1) is 18.3 Å². The Balaban J connectivity index is 4.57. The van der Waals surface area contributed by atoms with E-state index in [4.69, 9.17) is 6.42 Å². The van der Waals surface area contributed by atoms with Crippen molar-refractivity contribution < 1.29 is 14.7 Å². The molecule has 0 fully saturated rings. The van der Waals surface area contributed by atoms with Crippen LogP contribution in [0.15, 0.2) is 11.6 Å². The third kappa shape index (κ3) is 7.37. The van der Waals surface area contributed by atoms with Gasteiger partial charge in [0.2, 0.25) is 5.91 Å². The first-order valence-electron chi connectivity index (χ1n) is 6.01. The van der Waals surface area contributed by atoms with E-state index in [0.717, 1.165) is 0 Å². The van der Waals surface area contributed by atoms with E-state index in [2.05, 4.69) is 23.5 Å². The molecule has 0 aliphatic rings. The van der Waals surface area contributed by atoms with Gasteiger partial charge in [0.1, 0.15) is 0 Å². The van der Waals surface area contributed by atoms with Gasteiger partial charge in [-0.1, -0.05) is 6.08 Å². The molecule has 0 radical (unpaired) electrons. The van der Waals surface area contributed by atoms with Crippen molar-refractivity contribution >= 4 is 29.0 Å². The van der Waals surface area contributed by atoms with Crippen LogP contribution in [-0.2, 0) is 9.59 Å². The quantitative estimate of drug-likeness (QED) is 0.309. The lowest BCUT2D eigenvalue weighted by Gasteiger charge is -2.13. The summed E-state index contributed by atoms with van der Waals surface area (Å²) < 4.78 is 0. The number of aliphatic hydroxyl groups excluding tert-OH is 1. The number of unbranched alkanes of at least 4 members (excludes halogenated alkanes) is 1. The maximum Gasteiger partial charge on any atom is 0.216 e. The predicted octanol–water partition coefficient (Wildman–Crippen LogP) is 1.94. The molecule has 0 aromatic rings. The number of Topliss-reactive ketones (excluding diaryl/α,β-unsaturated/α-hetero) is 1. The van der Waals surface area contributed by atoms with Gasteiger partial charge in [-0.2, -0.15) is 0 Å². The Kier molecular flexibility index (Phi) is 8.47. The zero-order valence-corrected chi connectivity index (χ0v) is 12.0. The van der Waals surface area contributed by atoms with Crippen molar-refractivity contribution in [2.24, 2.45) is 5.92 Å². The summed E-state index contributed by atoms with van der Waals surface area (Å²) >= 11 is 4.69. The summed E-state index contributed by atoms with van der Waals surface area (Å²) in [7, 11) is 0. The zero-order valence-electron chi connectivity index (χ0n) is 11.2. The van der Waals surface area contributed by atoms with Crippen molar-refractivity contribution in [3.63, 3.8) is 0 Å². The zero-order chi connectivity index (χ0) is 14.8. The van der Waals surface area contributed by atoms with Gasteiger partial charge in [-0.25, -0.2) is 0 Å². The fourth-order valence-electron chi connectivity index (χ4n) is 1.51.